The molecule has 0 N–H and O–H groups in total. The Balaban J connectivity index is 2.38. The van der Waals surface area contributed by atoms with Crippen molar-refractivity contribution in [2.24, 2.45) is 0 Å². The Morgan fingerprint density at radius 2 is 1.48 bits per heavy atom. The Bertz CT molecular complexity index is 599. The third-order valence-corrected chi connectivity index (χ3v) is 5.12. The molecule has 1 aromatic rings. The van der Waals surface area contributed by atoms with Gasteiger partial charge in [-0.2, -0.15) is 13.2 Å². The third kappa shape index (κ3) is 10.1. The third-order valence-electron chi connectivity index (χ3n) is 5.12. The highest BCUT2D eigenvalue weighted by molar-refractivity contribution is 5.91. The van der Waals surface area contributed by atoms with Gasteiger partial charge in [-0.25, -0.2) is 9.18 Å². The standard InChI is InChI=1S/C23H34F4O2/c1-3-5-6-7-8-9-10-11-12-13-14-19(4-2)29-22(28)20-16-15-18(24)17-21(20)23(25,26)27/h15-17,19H,3-14H2,1-2H3. The van der Waals surface area contributed by atoms with Crippen LogP contribution in [-0.2, 0) is 10.9 Å². The Hall–Kier alpha value is -1.59. The number of unbranched alkanes of at least 4 members (excludes halogenated alkanes) is 9. The maximum Gasteiger partial charge on any atom is 0.417 e. The monoisotopic (exact) mass is 418 g/mol. The minimum Gasteiger partial charge on any atom is -0.459 e. The van der Waals surface area contributed by atoms with Crippen LogP contribution >= 0.6 is 0 Å². The summed E-state index contributed by atoms with van der Waals surface area (Å²) in [6.45, 7) is 4.04. The van der Waals surface area contributed by atoms with Crippen molar-refractivity contribution >= 4 is 5.97 Å². The van der Waals surface area contributed by atoms with Gasteiger partial charge in [-0.05, 0) is 37.5 Å². The molecule has 0 aliphatic heterocycles. The topological polar surface area (TPSA) is 26.3 Å². The maximum atomic E-state index is 13.2. The summed E-state index contributed by atoms with van der Waals surface area (Å²) < 4.78 is 57.7. The van der Waals surface area contributed by atoms with E-state index >= 15 is 0 Å². The van der Waals surface area contributed by atoms with Crippen molar-refractivity contribution in [2.75, 3.05) is 0 Å². The van der Waals surface area contributed by atoms with Gasteiger partial charge in [-0.1, -0.05) is 71.6 Å². The first-order valence-corrected chi connectivity index (χ1v) is 10.9. The number of alkyl halides is 3. The van der Waals surface area contributed by atoms with Crippen LogP contribution in [-0.4, -0.2) is 12.1 Å². The lowest BCUT2D eigenvalue weighted by Gasteiger charge is -2.18. The molecule has 0 spiro atoms. The molecule has 29 heavy (non-hydrogen) atoms. The van der Waals surface area contributed by atoms with E-state index in [1.807, 2.05) is 6.92 Å². The number of ether oxygens (including phenoxy) is 1. The van der Waals surface area contributed by atoms with Gasteiger partial charge in [0.2, 0.25) is 0 Å². The molecule has 1 unspecified atom stereocenters. The summed E-state index contributed by atoms with van der Waals surface area (Å²) in [6, 6.07) is 2.02. The zero-order valence-corrected chi connectivity index (χ0v) is 17.6. The zero-order valence-electron chi connectivity index (χ0n) is 17.6. The second-order valence-electron chi connectivity index (χ2n) is 7.59. The number of esters is 1. The van der Waals surface area contributed by atoms with Gasteiger partial charge < -0.3 is 4.74 Å². The molecule has 0 bridgehead atoms. The molecule has 1 aromatic carbocycles. The van der Waals surface area contributed by atoms with E-state index in [9.17, 15) is 22.4 Å². The van der Waals surface area contributed by atoms with Gasteiger partial charge in [0.25, 0.3) is 0 Å². The molecule has 0 saturated heterocycles. The minimum absolute atomic E-state index is 0.333. The summed E-state index contributed by atoms with van der Waals surface area (Å²) in [5, 5.41) is 0. The van der Waals surface area contributed by atoms with E-state index in [-0.39, 0.29) is 0 Å². The molecule has 1 rings (SSSR count). The molecule has 0 radical (unpaired) electrons. The summed E-state index contributed by atoms with van der Waals surface area (Å²) in [7, 11) is 0. The Morgan fingerprint density at radius 3 is 2.00 bits per heavy atom. The van der Waals surface area contributed by atoms with Crippen LogP contribution in [0.15, 0.2) is 18.2 Å². The van der Waals surface area contributed by atoms with Crippen molar-refractivity contribution in [2.45, 2.75) is 103 Å². The van der Waals surface area contributed by atoms with Gasteiger partial charge in [0, 0.05) is 0 Å². The fourth-order valence-corrected chi connectivity index (χ4v) is 3.35. The van der Waals surface area contributed by atoms with Gasteiger partial charge in [0.15, 0.2) is 0 Å². The second kappa shape index (κ2) is 13.6. The number of hydrogen-bond donors (Lipinski definition) is 0. The van der Waals surface area contributed by atoms with E-state index in [0.29, 0.717) is 18.9 Å². The smallest absolute Gasteiger partial charge is 0.417 e. The Labute approximate surface area is 172 Å². The molecule has 0 amide bonds. The number of carbonyl (C=O) groups excluding carboxylic acids is 1. The summed E-state index contributed by atoms with van der Waals surface area (Å²) in [6.07, 6.45) is 7.79. The molecular weight excluding hydrogens is 384 g/mol. The normalized spacial score (nSPS) is 12.8. The fourth-order valence-electron chi connectivity index (χ4n) is 3.35. The van der Waals surface area contributed by atoms with Crippen LogP contribution in [0, 0.1) is 5.82 Å². The van der Waals surface area contributed by atoms with E-state index in [4.69, 9.17) is 4.74 Å². The van der Waals surface area contributed by atoms with Gasteiger partial charge in [0.1, 0.15) is 11.9 Å². The van der Waals surface area contributed by atoms with Gasteiger partial charge in [-0.15, -0.1) is 0 Å². The average molecular weight is 419 g/mol. The number of rotatable bonds is 14. The molecule has 166 valence electrons. The van der Waals surface area contributed by atoms with Crippen LogP contribution in [0.4, 0.5) is 17.6 Å². The molecule has 1 atom stereocenters. The lowest BCUT2D eigenvalue weighted by Crippen LogP contribution is -2.21. The van der Waals surface area contributed by atoms with Crippen molar-refractivity contribution in [3.63, 3.8) is 0 Å². The van der Waals surface area contributed by atoms with E-state index in [0.717, 1.165) is 31.4 Å². The number of benzene rings is 1. The summed E-state index contributed by atoms with van der Waals surface area (Å²) in [5.74, 6) is -2.08. The summed E-state index contributed by atoms with van der Waals surface area (Å²) >= 11 is 0. The van der Waals surface area contributed by atoms with Crippen LogP contribution in [0.1, 0.15) is 107 Å². The summed E-state index contributed by atoms with van der Waals surface area (Å²) in [4.78, 5) is 12.2. The first-order valence-electron chi connectivity index (χ1n) is 10.9. The average Bonchev–Trinajstić information content (AvgIpc) is 2.67. The molecule has 2 nitrogen and oxygen atoms in total. The molecular formula is C23H34F4O2. The molecule has 0 aliphatic carbocycles. The Morgan fingerprint density at radius 1 is 0.931 bits per heavy atom. The number of halogens is 4. The van der Waals surface area contributed by atoms with Crippen LogP contribution in [0.3, 0.4) is 0 Å². The number of carbonyl (C=O) groups is 1. The van der Waals surface area contributed by atoms with Crippen LogP contribution in [0.5, 0.6) is 0 Å². The van der Waals surface area contributed by atoms with E-state index in [1.165, 1.54) is 44.9 Å². The maximum absolute atomic E-state index is 13.2. The summed E-state index contributed by atoms with van der Waals surface area (Å²) in [5.41, 5.74) is -1.93. The first-order chi connectivity index (χ1) is 13.8. The van der Waals surface area contributed by atoms with E-state index < -0.39 is 35.2 Å². The van der Waals surface area contributed by atoms with Gasteiger partial charge in [-0.3, -0.25) is 0 Å². The highest BCUT2D eigenvalue weighted by Crippen LogP contribution is 2.33. The number of hydrogen-bond acceptors (Lipinski definition) is 2. The zero-order chi connectivity index (χ0) is 21.7. The van der Waals surface area contributed by atoms with Crippen molar-refractivity contribution in [1.29, 1.82) is 0 Å². The highest BCUT2D eigenvalue weighted by Gasteiger charge is 2.36. The molecule has 0 aromatic heterocycles. The Kier molecular flexibility index (Phi) is 11.9. The van der Waals surface area contributed by atoms with E-state index in [2.05, 4.69) is 6.92 Å². The van der Waals surface area contributed by atoms with Crippen molar-refractivity contribution in [3.05, 3.63) is 35.1 Å². The predicted octanol–water partition coefficient (Wildman–Crippen LogP) is 8.09. The first kappa shape index (κ1) is 25.4. The minimum atomic E-state index is -4.81. The van der Waals surface area contributed by atoms with Gasteiger partial charge >= 0.3 is 12.1 Å². The van der Waals surface area contributed by atoms with Crippen LogP contribution in [0.25, 0.3) is 0 Å². The molecule has 6 heteroatoms. The molecule has 0 aliphatic rings. The molecule has 0 saturated carbocycles. The fraction of sp³-hybridized carbons (Fsp3) is 0.696. The van der Waals surface area contributed by atoms with Gasteiger partial charge in [0.05, 0.1) is 11.1 Å². The van der Waals surface area contributed by atoms with Crippen LogP contribution in [0.2, 0.25) is 0 Å². The largest absolute Gasteiger partial charge is 0.459 e. The lowest BCUT2D eigenvalue weighted by atomic mass is 10.0. The quantitative estimate of drug-likeness (QED) is 0.173. The van der Waals surface area contributed by atoms with Crippen molar-refractivity contribution in [1.82, 2.24) is 0 Å². The molecule has 0 fully saturated rings. The predicted molar refractivity (Wildman–Crippen MR) is 107 cm³/mol. The SMILES string of the molecule is CCCCCCCCCCCCC(CC)OC(=O)c1ccc(F)cc1C(F)(F)F. The highest BCUT2D eigenvalue weighted by atomic mass is 19.4. The van der Waals surface area contributed by atoms with Crippen molar-refractivity contribution in [3.8, 4) is 0 Å². The second-order valence-corrected chi connectivity index (χ2v) is 7.59. The van der Waals surface area contributed by atoms with E-state index in [1.54, 1.807) is 0 Å². The van der Waals surface area contributed by atoms with Crippen molar-refractivity contribution < 1.29 is 27.1 Å². The lowest BCUT2D eigenvalue weighted by molar-refractivity contribution is -0.138. The molecule has 0 heterocycles. The van der Waals surface area contributed by atoms with Crippen LogP contribution < -0.4 is 0 Å².